The number of halogens is 9. The standard InChI is InChI=1S/C11H14F9NO4/c1-21(2)3-6(24-4-22)7(25-5-23)8(12,13)9(14,15)10(16,17)11(18,19)20/h5-7,22H,3-4H2,1-2H3. The highest BCUT2D eigenvalue weighted by Gasteiger charge is 2.84. The van der Waals surface area contributed by atoms with Gasteiger partial charge in [0.15, 0.2) is 6.10 Å². The van der Waals surface area contributed by atoms with Crippen molar-refractivity contribution in [1.82, 2.24) is 4.90 Å². The quantitative estimate of drug-likeness (QED) is 0.348. The normalized spacial score (nSPS) is 16.7. The number of ether oxygens (including phenoxy) is 2. The lowest BCUT2D eigenvalue weighted by atomic mass is 9.95. The highest BCUT2D eigenvalue weighted by Crippen LogP contribution is 2.54. The number of carbonyl (C=O) groups excluding carboxylic acids is 1. The van der Waals surface area contributed by atoms with Crippen molar-refractivity contribution in [2.75, 3.05) is 27.4 Å². The van der Waals surface area contributed by atoms with Crippen LogP contribution in [0.3, 0.4) is 0 Å². The van der Waals surface area contributed by atoms with Crippen molar-refractivity contribution in [3.05, 3.63) is 0 Å². The van der Waals surface area contributed by atoms with Crippen molar-refractivity contribution >= 4 is 6.47 Å². The van der Waals surface area contributed by atoms with Gasteiger partial charge in [0.2, 0.25) is 0 Å². The van der Waals surface area contributed by atoms with Crippen LogP contribution >= 0.6 is 0 Å². The highest BCUT2D eigenvalue weighted by atomic mass is 19.4. The van der Waals surface area contributed by atoms with Crippen LogP contribution < -0.4 is 0 Å². The highest BCUT2D eigenvalue weighted by molar-refractivity contribution is 5.38. The number of likely N-dealkylation sites (N-methyl/N-ethyl adjacent to an activating group) is 1. The summed E-state index contributed by atoms with van der Waals surface area (Å²) in [5.41, 5.74) is 0. The van der Waals surface area contributed by atoms with Crippen LogP contribution in [0.2, 0.25) is 0 Å². The Hall–Kier alpha value is -1.28. The molecule has 1 N–H and O–H groups in total. The van der Waals surface area contributed by atoms with E-state index in [1.165, 1.54) is 14.1 Å². The molecule has 0 aliphatic rings. The summed E-state index contributed by atoms with van der Waals surface area (Å²) in [6.45, 7) is -3.03. The first kappa shape index (κ1) is 23.7. The van der Waals surface area contributed by atoms with Crippen molar-refractivity contribution in [1.29, 1.82) is 0 Å². The third-order valence-corrected chi connectivity index (χ3v) is 2.90. The molecule has 0 bridgehead atoms. The molecular formula is C11H14F9NO4. The molecule has 2 unspecified atom stereocenters. The molecule has 5 nitrogen and oxygen atoms in total. The van der Waals surface area contributed by atoms with Crippen LogP contribution in [0.5, 0.6) is 0 Å². The van der Waals surface area contributed by atoms with Crippen molar-refractivity contribution in [2.24, 2.45) is 0 Å². The molecule has 14 heteroatoms. The minimum Gasteiger partial charge on any atom is -0.455 e. The van der Waals surface area contributed by atoms with Gasteiger partial charge >= 0.3 is 23.9 Å². The summed E-state index contributed by atoms with van der Waals surface area (Å²) in [6.07, 6.45) is -12.9. The molecule has 0 spiro atoms. The van der Waals surface area contributed by atoms with Gasteiger partial charge in [0.25, 0.3) is 6.47 Å². The fraction of sp³-hybridized carbons (Fsp3) is 0.909. The number of aliphatic hydroxyl groups excluding tert-OH is 1. The van der Waals surface area contributed by atoms with Gasteiger partial charge in [0.05, 0.1) is 0 Å². The van der Waals surface area contributed by atoms with Crippen LogP contribution in [-0.2, 0) is 14.3 Å². The van der Waals surface area contributed by atoms with Crippen LogP contribution in [0.15, 0.2) is 0 Å². The summed E-state index contributed by atoms with van der Waals surface area (Å²) in [6, 6.07) is 0. The molecule has 0 aromatic heterocycles. The van der Waals surface area contributed by atoms with Gasteiger partial charge in [-0.2, -0.15) is 39.5 Å². The fourth-order valence-corrected chi connectivity index (χ4v) is 1.72. The van der Waals surface area contributed by atoms with E-state index < -0.39 is 56.0 Å². The molecular weight excluding hydrogens is 381 g/mol. The van der Waals surface area contributed by atoms with Crippen molar-refractivity contribution in [3.8, 4) is 0 Å². The number of rotatable bonds is 10. The number of carbonyl (C=O) groups is 1. The van der Waals surface area contributed by atoms with Crippen molar-refractivity contribution in [3.63, 3.8) is 0 Å². The molecule has 0 amide bonds. The molecule has 25 heavy (non-hydrogen) atoms. The number of nitrogens with zero attached hydrogens (tertiary/aromatic N) is 1. The van der Waals surface area contributed by atoms with E-state index in [4.69, 9.17) is 5.11 Å². The third kappa shape index (κ3) is 4.67. The van der Waals surface area contributed by atoms with E-state index in [2.05, 4.69) is 9.47 Å². The Morgan fingerprint density at radius 3 is 1.80 bits per heavy atom. The first-order valence-corrected chi connectivity index (χ1v) is 6.24. The van der Waals surface area contributed by atoms with E-state index >= 15 is 0 Å². The van der Waals surface area contributed by atoms with Crippen molar-refractivity contribution < 1.29 is 58.9 Å². The molecule has 0 saturated carbocycles. The van der Waals surface area contributed by atoms with Crippen molar-refractivity contribution in [2.45, 2.75) is 36.2 Å². The monoisotopic (exact) mass is 395 g/mol. The molecule has 0 aliphatic carbocycles. The molecule has 0 rings (SSSR count). The average Bonchev–Trinajstić information content (AvgIpc) is 2.42. The zero-order valence-electron chi connectivity index (χ0n) is 12.7. The van der Waals surface area contributed by atoms with Crippen LogP contribution in [0.1, 0.15) is 0 Å². The Bertz CT molecular complexity index is 442. The summed E-state index contributed by atoms with van der Waals surface area (Å²) in [5.74, 6) is -20.3. The molecule has 0 saturated heterocycles. The van der Waals surface area contributed by atoms with E-state index in [1.54, 1.807) is 0 Å². The SMILES string of the molecule is CN(C)CC(OCO)C(OC=O)C(F)(F)C(F)(F)C(F)(F)C(F)(F)F. The minimum absolute atomic E-state index is 0.789. The van der Waals surface area contributed by atoms with E-state index in [0.717, 1.165) is 4.90 Å². The van der Waals surface area contributed by atoms with Gasteiger partial charge in [-0.3, -0.25) is 4.79 Å². The average molecular weight is 395 g/mol. The van der Waals surface area contributed by atoms with Gasteiger partial charge in [-0.1, -0.05) is 0 Å². The number of aliphatic hydroxyl groups is 1. The Morgan fingerprint density at radius 2 is 1.48 bits per heavy atom. The molecule has 0 aliphatic heterocycles. The van der Waals surface area contributed by atoms with Crippen LogP contribution in [0, 0.1) is 0 Å². The number of hydrogen-bond donors (Lipinski definition) is 1. The molecule has 150 valence electrons. The Kier molecular flexibility index (Phi) is 7.54. The summed E-state index contributed by atoms with van der Waals surface area (Å²) >= 11 is 0. The molecule has 2 atom stereocenters. The second-order valence-corrected chi connectivity index (χ2v) is 5.02. The first-order chi connectivity index (χ1) is 11.1. The minimum atomic E-state index is -7.14. The number of hydrogen-bond acceptors (Lipinski definition) is 5. The van der Waals surface area contributed by atoms with Gasteiger partial charge in [-0.05, 0) is 14.1 Å². The molecule has 0 fully saturated rings. The topological polar surface area (TPSA) is 59.0 Å². The second-order valence-electron chi connectivity index (χ2n) is 5.02. The summed E-state index contributed by atoms with van der Waals surface area (Å²) in [7, 11) is 2.35. The maximum atomic E-state index is 13.9. The molecule has 0 radical (unpaired) electrons. The van der Waals surface area contributed by atoms with Crippen LogP contribution in [0.25, 0.3) is 0 Å². The first-order valence-electron chi connectivity index (χ1n) is 6.24. The zero-order chi connectivity index (χ0) is 20.3. The Balaban J connectivity index is 6.09. The third-order valence-electron chi connectivity index (χ3n) is 2.90. The summed E-state index contributed by atoms with van der Waals surface area (Å²) in [4.78, 5) is 11.3. The van der Waals surface area contributed by atoms with Gasteiger partial charge in [-0.15, -0.1) is 0 Å². The van der Waals surface area contributed by atoms with Gasteiger partial charge < -0.3 is 19.5 Å². The van der Waals surface area contributed by atoms with E-state index in [-0.39, 0.29) is 0 Å². The largest absolute Gasteiger partial charge is 0.460 e. The predicted molar refractivity (Wildman–Crippen MR) is 62.3 cm³/mol. The summed E-state index contributed by atoms with van der Waals surface area (Å²) < 4.78 is 125. The molecule has 0 heterocycles. The lowest BCUT2D eigenvalue weighted by molar-refractivity contribution is -0.409. The predicted octanol–water partition coefficient (Wildman–Crippen LogP) is 1.89. The van der Waals surface area contributed by atoms with E-state index in [1.807, 2.05) is 0 Å². The van der Waals surface area contributed by atoms with Gasteiger partial charge in [0, 0.05) is 6.54 Å². The maximum absolute atomic E-state index is 13.9. The maximum Gasteiger partial charge on any atom is 0.460 e. The second kappa shape index (κ2) is 7.95. The Labute approximate surface area is 135 Å². The van der Waals surface area contributed by atoms with Gasteiger partial charge in [0.1, 0.15) is 12.9 Å². The lowest BCUT2D eigenvalue weighted by Gasteiger charge is -2.39. The van der Waals surface area contributed by atoms with E-state index in [0.29, 0.717) is 0 Å². The van der Waals surface area contributed by atoms with Gasteiger partial charge in [-0.25, -0.2) is 0 Å². The Morgan fingerprint density at radius 1 is 1.00 bits per heavy atom. The number of alkyl halides is 9. The lowest BCUT2D eigenvalue weighted by Crippen LogP contribution is -2.67. The zero-order valence-corrected chi connectivity index (χ0v) is 12.7. The molecule has 0 aromatic carbocycles. The fourth-order valence-electron chi connectivity index (χ4n) is 1.72. The smallest absolute Gasteiger partial charge is 0.455 e. The van der Waals surface area contributed by atoms with Crippen LogP contribution in [-0.4, -0.2) is 80.1 Å². The van der Waals surface area contributed by atoms with E-state index in [9.17, 15) is 44.3 Å². The molecule has 0 aromatic rings. The van der Waals surface area contributed by atoms with Crippen LogP contribution in [0.4, 0.5) is 39.5 Å². The summed E-state index contributed by atoms with van der Waals surface area (Å²) in [5, 5.41) is 8.58.